The van der Waals surface area contributed by atoms with Crippen molar-refractivity contribution in [3.63, 3.8) is 0 Å². The molecule has 0 aliphatic rings. The first-order valence-corrected chi connectivity index (χ1v) is 42.1. The van der Waals surface area contributed by atoms with Gasteiger partial charge in [-0.2, -0.15) is 0 Å². The molecular formula is C91H148NO8P. The number of hydrogen-bond acceptors (Lipinski definition) is 8. The minimum atomic E-state index is -4.42. The van der Waals surface area contributed by atoms with E-state index in [1.807, 2.05) is 0 Å². The molecule has 2 unspecified atom stereocenters. The van der Waals surface area contributed by atoms with Crippen molar-refractivity contribution in [3.8, 4) is 0 Å². The van der Waals surface area contributed by atoms with Crippen molar-refractivity contribution >= 4 is 19.8 Å². The third kappa shape index (κ3) is 83.4. The van der Waals surface area contributed by atoms with E-state index >= 15 is 0 Å². The van der Waals surface area contributed by atoms with Gasteiger partial charge in [-0.15, -0.1) is 0 Å². The van der Waals surface area contributed by atoms with E-state index in [0.29, 0.717) is 6.42 Å². The molecule has 0 aromatic carbocycles. The van der Waals surface area contributed by atoms with Crippen molar-refractivity contribution in [1.82, 2.24) is 0 Å². The minimum absolute atomic E-state index is 0.0417. The van der Waals surface area contributed by atoms with E-state index in [4.69, 9.17) is 24.3 Å². The third-order valence-electron chi connectivity index (χ3n) is 16.7. The molecule has 0 aromatic rings. The van der Waals surface area contributed by atoms with E-state index in [0.717, 1.165) is 161 Å². The van der Waals surface area contributed by atoms with Gasteiger partial charge in [0.15, 0.2) is 6.10 Å². The zero-order chi connectivity index (χ0) is 72.9. The number of phosphoric acid groups is 1. The molecule has 3 N–H and O–H groups in total. The lowest BCUT2D eigenvalue weighted by Gasteiger charge is -2.19. The molecule has 0 bridgehead atoms. The molecule has 0 spiro atoms. The van der Waals surface area contributed by atoms with Crippen molar-refractivity contribution in [2.75, 3.05) is 26.4 Å². The fourth-order valence-corrected chi connectivity index (χ4v) is 11.5. The Balaban J connectivity index is 3.91. The van der Waals surface area contributed by atoms with Crippen molar-refractivity contribution in [1.29, 1.82) is 0 Å². The van der Waals surface area contributed by atoms with E-state index in [1.54, 1.807) is 0 Å². The Hall–Kier alpha value is -5.41. The van der Waals surface area contributed by atoms with Crippen LogP contribution >= 0.6 is 7.82 Å². The van der Waals surface area contributed by atoms with Crippen molar-refractivity contribution in [2.45, 2.75) is 328 Å². The second-order valence-electron chi connectivity index (χ2n) is 26.2. The van der Waals surface area contributed by atoms with Gasteiger partial charge in [-0.25, -0.2) is 4.57 Å². The topological polar surface area (TPSA) is 134 Å². The fraction of sp³-hybridized carbons (Fsp3) is 0.604. The molecule has 0 aliphatic heterocycles. The van der Waals surface area contributed by atoms with Crippen LogP contribution in [0.3, 0.4) is 0 Å². The average molecular weight is 1420 g/mol. The highest BCUT2D eigenvalue weighted by atomic mass is 31.2. The fourth-order valence-electron chi connectivity index (χ4n) is 10.8. The summed E-state index contributed by atoms with van der Waals surface area (Å²) < 4.78 is 33.2. The van der Waals surface area contributed by atoms with Crippen LogP contribution in [0.25, 0.3) is 0 Å². The largest absolute Gasteiger partial charge is 0.472 e. The lowest BCUT2D eigenvalue weighted by molar-refractivity contribution is -0.161. The maximum absolute atomic E-state index is 12.8. The van der Waals surface area contributed by atoms with Gasteiger partial charge >= 0.3 is 19.8 Å². The summed E-state index contributed by atoms with van der Waals surface area (Å²) in [5.41, 5.74) is 5.41. The van der Waals surface area contributed by atoms with Gasteiger partial charge in [0.2, 0.25) is 0 Å². The number of esters is 2. The molecule has 0 amide bonds. The van der Waals surface area contributed by atoms with Crippen LogP contribution in [0.4, 0.5) is 0 Å². The van der Waals surface area contributed by atoms with Crippen LogP contribution < -0.4 is 5.73 Å². The highest BCUT2D eigenvalue weighted by Crippen LogP contribution is 2.43. The first-order valence-electron chi connectivity index (χ1n) is 40.6. The lowest BCUT2D eigenvalue weighted by Crippen LogP contribution is -2.29. The van der Waals surface area contributed by atoms with Crippen LogP contribution in [0.2, 0.25) is 0 Å². The van der Waals surface area contributed by atoms with Crippen molar-refractivity contribution in [2.24, 2.45) is 5.73 Å². The summed E-state index contributed by atoms with van der Waals surface area (Å²) in [6, 6.07) is 0. The molecule has 0 radical (unpaired) electrons. The van der Waals surface area contributed by atoms with Gasteiger partial charge < -0.3 is 20.1 Å². The van der Waals surface area contributed by atoms with Crippen LogP contribution in [0.5, 0.6) is 0 Å². The number of hydrogen-bond donors (Lipinski definition) is 2. The van der Waals surface area contributed by atoms with E-state index in [-0.39, 0.29) is 38.6 Å². The zero-order valence-electron chi connectivity index (χ0n) is 64.3. The number of ether oxygens (including phenoxy) is 2. The van der Waals surface area contributed by atoms with Gasteiger partial charge in [-0.3, -0.25) is 18.6 Å². The monoisotopic (exact) mass is 1410 g/mol. The molecule has 10 heteroatoms. The summed E-state index contributed by atoms with van der Waals surface area (Å²) in [5.74, 6) is -0.852. The Labute approximate surface area is 620 Å². The van der Waals surface area contributed by atoms with E-state index < -0.39 is 26.5 Å². The Morgan fingerprint density at radius 2 is 0.515 bits per heavy atom. The number of rotatable bonds is 74. The highest BCUT2D eigenvalue weighted by molar-refractivity contribution is 7.47. The molecule has 0 heterocycles. The van der Waals surface area contributed by atoms with Crippen LogP contribution in [-0.4, -0.2) is 49.3 Å². The standard InChI is InChI=1S/C91H148NO8P/c1-3-5-7-9-11-13-15-17-19-21-23-25-27-29-31-33-35-37-39-41-43-44-46-47-49-51-53-55-57-59-61-63-65-67-69-71-73-75-77-79-81-83-90(93)97-87-89(88-99-101(95,96)98-86-85-92)100-91(94)84-82-80-78-76-74-72-70-68-66-64-62-60-58-56-54-52-50-48-45-42-40-38-36-34-32-30-28-26-24-22-20-18-16-14-12-10-8-6-4-2/h5-8,11-14,17-20,23-26,29-32,35-38,42,45,50,52,56,58,62,64,68,70,89H,3-4,9-10,15-16,21-22,27-28,33-34,39-41,43-44,46-49,51,53-55,57,59-61,63,65-67,69,71-88,92H2,1-2H3,(H,95,96)/b7-5-,8-6-,13-11-,14-12-,19-17-,20-18-,25-23-,26-24-,31-29-,32-30-,37-35-,38-36-,45-42-,52-50-,58-56-,64-62-,70-68-. The molecule has 101 heavy (non-hydrogen) atoms. The first kappa shape index (κ1) is 95.6. The first-order chi connectivity index (χ1) is 49.8. The Bertz CT molecular complexity index is 2420. The molecule has 570 valence electrons. The predicted octanol–water partition coefficient (Wildman–Crippen LogP) is 27.8. The molecule has 2 atom stereocenters. The summed E-state index contributed by atoms with van der Waals surface area (Å²) >= 11 is 0. The molecule has 0 aliphatic carbocycles. The summed E-state index contributed by atoms with van der Waals surface area (Å²) in [7, 11) is -4.42. The Kier molecular flexibility index (Phi) is 79.1. The molecule has 0 fully saturated rings. The molecule has 9 nitrogen and oxygen atoms in total. The van der Waals surface area contributed by atoms with Gasteiger partial charge in [-0.05, 0) is 148 Å². The molecular weight excluding hydrogens is 1270 g/mol. The predicted molar refractivity (Wildman–Crippen MR) is 440 cm³/mol. The van der Waals surface area contributed by atoms with Gasteiger partial charge in [0.05, 0.1) is 13.2 Å². The van der Waals surface area contributed by atoms with Crippen LogP contribution in [0.15, 0.2) is 207 Å². The van der Waals surface area contributed by atoms with E-state index in [9.17, 15) is 19.0 Å². The van der Waals surface area contributed by atoms with Crippen LogP contribution in [0.1, 0.15) is 322 Å². The van der Waals surface area contributed by atoms with Gasteiger partial charge in [0.25, 0.3) is 0 Å². The van der Waals surface area contributed by atoms with Crippen LogP contribution in [0, 0.1) is 0 Å². The number of unbranched alkanes of at least 4 members (excludes halogenated alkanes) is 27. The summed E-state index contributed by atoms with van der Waals surface area (Å²) in [4.78, 5) is 35.5. The van der Waals surface area contributed by atoms with Crippen molar-refractivity contribution in [3.05, 3.63) is 207 Å². The quantitative estimate of drug-likeness (QED) is 0.0264. The maximum atomic E-state index is 12.8. The number of carbonyl (C=O) groups is 2. The van der Waals surface area contributed by atoms with E-state index in [1.165, 1.54) is 128 Å². The third-order valence-corrected chi connectivity index (χ3v) is 17.6. The number of allylic oxidation sites excluding steroid dienone is 34. The summed E-state index contributed by atoms with van der Waals surface area (Å²) in [6.45, 7) is 3.50. The minimum Gasteiger partial charge on any atom is -0.462 e. The Morgan fingerprint density at radius 3 is 0.762 bits per heavy atom. The Morgan fingerprint density at radius 1 is 0.297 bits per heavy atom. The second-order valence-corrected chi connectivity index (χ2v) is 27.6. The molecule has 0 saturated carbocycles. The number of phosphoric ester groups is 1. The SMILES string of the molecule is CC/C=C\C/C=C\C/C=C\C/C=C\C/C=C\C/C=C\C/C=C\C/C=C\C/C=C\C/C=C\C/C=C\CCCCCCCC(=O)OC(COC(=O)CCCCCCCCCCCCCCCCCCCCCCCC/C=C\C/C=C\C/C=C\C/C=C\C/C=C\C/C=C\CC)COP(=O)(O)OCCN. The molecule has 0 saturated heterocycles. The molecule has 0 rings (SSSR count). The summed E-state index contributed by atoms with van der Waals surface area (Å²) in [5, 5.41) is 0. The lowest BCUT2D eigenvalue weighted by atomic mass is 10.0. The van der Waals surface area contributed by atoms with Gasteiger partial charge in [0.1, 0.15) is 6.61 Å². The zero-order valence-corrected chi connectivity index (χ0v) is 65.2. The molecule has 0 aromatic heterocycles. The summed E-state index contributed by atoms with van der Waals surface area (Å²) in [6.07, 6.45) is 128. The number of carbonyl (C=O) groups excluding carboxylic acids is 2. The van der Waals surface area contributed by atoms with Crippen LogP contribution in [-0.2, 0) is 32.7 Å². The van der Waals surface area contributed by atoms with E-state index in [2.05, 4.69) is 220 Å². The maximum Gasteiger partial charge on any atom is 0.472 e. The van der Waals surface area contributed by atoms with Crippen molar-refractivity contribution < 1.29 is 37.6 Å². The normalized spacial score (nSPS) is 14.0. The van der Waals surface area contributed by atoms with Gasteiger partial charge in [-0.1, -0.05) is 368 Å². The van der Waals surface area contributed by atoms with Gasteiger partial charge in [0, 0.05) is 19.4 Å². The number of nitrogens with two attached hydrogens (primary N) is 1. The average Bonchev–Trinajstić information content (AvgIpc) is 1.01. The highest BCUT2D eigenvalue weighted by Gasteiger charge is 2.26. The second kappa shape index (κ2) is 83.5. The smallest absolute Gasteiger partial charge is 0.462 e.